The largest absolute Gasteiger partial charge is 0.506 e. The van der Waals surface area contributed by atoms with Gasteiger partial charge >= 0.3 is 28.8 Å². The van der Waals surface area contributed by atoms with Crippen molar-refractivity contribution in [1.29, 1.82) is 0 Å². The number of phenolic OH excluding ortho intramolecular Hbond substituents is 1. The molecule has 1 heterocycles. The van der Waals surface area contributed by atoms with Gasteiger partial charge in [0, 0.05) is 32.1 Å². The summed E-state index contributed by atoms with van der Waals surface area (Å²) < 4.78 is 80.8. The van der Waals surface area contributed by atoms with Crippen LogP contribution in [0.1, 0.15) is 49.7 Å². The third-order valence-electron chi connectivity index (χ3n) is 7.82. The minimum Gasteiger partial charge on any atom is -0.506 e. The summed E-state index contributed by atoms with van der Waals surface area (Å²) in [5.74, 6) is -6.75. The summed E-state index contributed by atoms with van der Waals surface area (Å²) in [4.78, 5) is 48.7. The quantitative estimate of drug-likeness (QED) is 0.102. The molecule has 49 heavy (non-hydrogen) atoms. The van der Waals surface area contributed by atoms with Crippen LogP contribution >= 0.6 is 11.3 Å². The van der Waals surface area contributed by atoms with E-state index in [1.807, 2.05) is 6.07 Å². The number of ketones is 2. The molecule has 4 rings (SSSR count). The summed E-state index contributed by atoms with van der Waals surface area (Å²) in [7, 11) is 0. The van der Waals surface area contributed by atoms with Crippen molar-refractivity contribution in [1.82, 2.24) is 20.5 Å². The van der Waals surface area contributed by atoms with Crippen molar-refractivity contribution in [3.63, 3.8) is 0 Å². The van der Waals surface area contributed by atoms with Gasteiger partial charge in [0.25, 0.3) is 0 Å². The number of alkyl halides is 6. The van der Waals surface area contributed by atoms with Crippen LogP contribution in [0.2, 0.25) is 0 Å². The van der Waals surface area contributed by atoms with E-state index in [0.29, 0.717) is 37.6 Å². The fourth-order valence-electron chi connectivity index (χ4n) is 5.33. The van der Waals surface area contributed by atoms with Gasteiger partial charge in [-0.25, -0.2) is 4.39 Å². The molecular formula is C32H37F7N4O5S. The summed E-state index contributed by atoms with van der Waals surface area (Å²) >= 11 is 1.12. The van der Waals surface area contributed by atoms with Crippen molar-refractivity contribution in [2.45, 2.75) is 69.8 Å². The maximum absolute atomic E-state index is 13.1. The Hall–Kier alpha value is -3.83. The molecule has 3 aromatic rings. The first kappa shape index (κ1) is 39.6. The van der Waals surface area contributed by atoms with E-state index in [0.717, 1.165) is 65.9 Å². The number of carbonyl (C=O) groups is 3. The minimum atomic E-state index is -5.77. The summed E-state index contributed by atoms with van der Waals surface area (Å²) in [5, 5.41) is 16.8. The van der Waals surface area contributed by atoms with E-state index in [1.54, 1.807) is 18.2 Å². The number of nitrogens with one attached hydrogen (secondary N) is 3. The van der Waals surface area contributed by atoms with Crippen LogP contribution in [0.3, 0.4) is 0 Å². The van der Waals surface area contributed by atoms with Crippen LogP contribution in [0, 0.1) is 5.82 Å². The van der Waals surface area contributed by atoms with Crippen LogP contribution in [0.4, 0.5) is 30.7 Å². The number of benzene rings is 2. The average Bonchev–Trinajstić information content (AvgIpc) is 3.46. The lowest BCUT2D eigenvalue weighted by Crippen LogP contribution is -2.45. The normalized spacial score (nSPS) is 13.9. The molecule has 1 amide bonds. The molecule has 4 N–H and O–H groups in total. The first-order valence-electron chi connectivity index (χ1n) is 15.6. The van der Waals surface area contributed by atoms with Crippen molar-refractivity contribution in [2.75, 3.05) is 32.7 Å². The minimum absolute atomic E-state index is 0.0941. The zero-order valence-electron chi connectivity index (χ0n) is 26.3. The number of halogens is 7. The molecule has 270 valence electrons. The van der Waals surface area contributed by atoms with Crippen LogP contribution in [-0.2, 0) is 27.2 Å². The smallest absolute Gasteiger partial charge is 0.458 e. The number of nitrogens with zero attached hydrogens (tertiary/aromatic N) is 1. The molecule has 2 aromatic carbocycles. The second-order valence-corrected chi connectivity index (χ2v) is 12.4. The lowest BCUT2D eigenvalue weighted by Gasteiger charge is -2.34. The summed E-state index contributed by atoms with van der Waals surface area (Å²) in [6.45, 7) is 3.51. The fourth-order valence-corrected chi connectivity index (χ4v) is 6.22. The second-order valence-electron chi connectivity index (χ2n) is 11.4. The van der Waals surface area contributed by atoms with E-state index >= 15 is 0 Å². The number of thiazole rings is 1. The number of carbonyl (C=O) groups excluding carboxylic acids is 3. The molecule has 0 spiro atoms. The number of phenols is 1. The molecular weight excluding hydrogens is 685 g/mol. The number of hydrogen-bond acceptors (Lipinski definition) is 8. The van der Waals surface area contributed by atoms with Gasteiger partial charge < -0.3 is 25.6 Å². The lowest BCUT2D eigenvalue weighted by molar-refractivity contribution is -0.193. The molecule has 0 bridgehead atoms. The van der Waals surface area contributed by atoms with Crippen molar-refractivity contribution < 1.29 is 50.2 Å². The van der Waals surface area contributed by atoms with Gasteiger partial charge in [0.15, 0.2) is 0 Å². The monoisotopic (exact) mass is 722 g/mol. The zero-order chi connectivity index (χ0) is 36.2. The third kappa shape index (κ3) is 12.5. The van der Waals surface area contributed by atoms with Gasteiger partial charge in [-0.2, -0.15) is 26.3 Å². The summed E-state index contributed by atoms with van der Waals surface area (Å²) in [6, 6.07) is 10.3. The van der Waals surface area contributed by atoms with E-state index in [2.05, 4.69) is 20.5 Å². The first-order valence-corrected chi connectivity index (χ1v) is 16.4. The Labute approximate surface area is 280 Å². The highest BCUT2D eigenvalue weighted by Crippen LogP contribution is 2.28. The highest BCUT2D eigenvalue weighted by Gasteiger charge is 2.54. The van der Waals surface area contributed by atoms with Gasteiger partial charge in [0.1, 0.15) is 17.1 Å². The Bertz CT molecular complexity index is 1580. The Morgan fingerprint density at radius 1 is 0.837 bits per heavy atom. The van der Waals surface area contributed by atoms with Crippen molar-refractivity contribution in [3.8, 4) is 5.75 Å². The summed E-state index contributed by atoms with van der Waals surface area (Å²) in [5.41, 5.74) is 2.61. The van der Waals surface area contributed by atoms with E-state index in [4.69, 9.17) is 0 Å². The van der Waals surface area contributed by atoms with Gasteiger partial charge in [-0.15, -0.1) is 0 Å². The number of rotatable bonds is 14. The van der Waals surface area contributed by atoms with Crippen molar-refractivity contribution in [2.24, 2.45) is 0 Å². The predicted molar refractivity (Wildman–Crippen MR) is 169 cm³/mol. The molecule has 0 atom stereocenters. The van der Waals surface area contributed by atoms with Gasteiger partial charge in [-0.1, -0.05) is 48.8 Å². The van der Waals surface area contributed by atoms with E-state index in [9.17, 15) is 55.0 Å². The van der Waals surface area contributed by atoms with Crippen LogP contribution < -0.4 is 15.5 Å². The van der Waals surface area contributed by atoms with Gasteiger partial charge in [-0.3, -0.25) is 19.2 Å². The Balaban J connectivity index is 0.000000463. The number of H-pyrrole nitrogens is 1. The van der Waals surface area contributed by atoms with Crippen LogP contribution in [0.25, 0.3) is 10.2 Å². The molecule has 0 radical (unpaired) electrons. The molecule has 9 nitrogen and oxygen atoms in total. The molecule has 1 aliphatic rings. The van der Waals surface area contributed by atoms with Gasteiger partial charge in [0.05, 0.1) is 4.70 Å². The van der Waals surface area contributed by atoms with Crippen LogP contribution in [-0.4, -0.2) is 83.6 Å². The first-order chi connectivity index (χ1) is 23.1. The fraction of sp³-hybridized carbons (Fsp3) is 0.500. The number of fused-ring (bicyclic) bond motifs is 1. The standard InChI is InChI=1S/C28H37FN4O3S.C4F6O2/c29-22-9-6-20(7-10-22)12-15-30-17-14-25(35)33(23-4-2-1-3-5-23)19-18-31-16-13-21-8-11-24(34)26-27(21)37-28(36)32-26;5-3(6,7)1(11)2(12)4(8,9)10/h6-11,23,30-31,34H,1-5,12-19H2,(H,32,36);. The maximum atomic E-state index is 13.1. The van der Waals surface area contributed by atoms with Crippen molar-refractivity contribution in [3.05, 3.63) is 63.0 Å². The molecule has 1 aromatic heterocycles. The Morgan fingerprint density at radius 2 is 1.43 bits per heavy atom. The second kappa shape index (κ2) is 18.2. The van der Waals surface area contributed by atoms with E-state index < -0.39 is 23.9 Å². The molecule has 0 unspecified atom stereocenters. The molecule has 0 aliphatic heterocycles. The predicted octanol–water partition coefficient (Wildman–Crippen LogP) is 5.20. The van der Waals surface area contributed by atoms with Gasteiger partial charge in [0.2, 0.25) is 5.91 Å². The van der Waals surface area contributed by atoms with E-state index in [1.165, 1.54) is 31.4 Å². The molecule has 1 saturated carbocycles. The lowest BCUT2D eigenvalue weighted by atomic mass is 9.94. The number of aromatic nitrogens is 1. The topological polar surface area (TPSA) is 132 Å². The summed E-state index contributed by atoms with van der Waals surface area (Å²) in [6.07, 6.45) is -3.80. The Morgan fingerprint density at radius 3 is 2.04 bits per heavy atom. The number of Topliss-reactive ketones (excluding diaryl/α,β-unsaturated/α-hetero) is 2. The highest BCUT2D eigenvalue weighted by atomic mass is 32.1. The Kier molecular flexibility index (Phi) is 14.7. The van der Waals surface area contributed by atoms with Crippen LogP contribution in [0.15, 0.2) is 41.2 Å². The SMILES string of the molecule is O=C(C(=O)C(F)(F)F)C(F)(F)F.O=C(CCNCCc1ccc(F)cc1)N(CCNCCc1ccc(O)c2[nH]c(=O)sc12)C1CCCCC1. The average molecular weight is 723 g/mol. The maximum Gasteiger partial charge on any atom is 0.458 e. The number of amides is 1. The molecule has 0 saturated heterocycles. The molecule has 17 heteroatoms. The number of hydrogen-bond donors (Lipinski definition) is 4. The molecule has 1 fully saturated rings. The number of aromatic amines is 1. The van der Waals surface area contributed by atoms with E-state index in [-0.39, 0.29) is 22.3 Å². The van der Waals surface area contributed by atoms with Gasteiger partial charge in [-0.05, 0) is 68.1 Å². The van der Waals surface area contributed by atoms with Crippen molar-refractivity contribution >= 4 is 39.0 Å². The van der Waals surface area contributed by atoms with Crippen LogP contribution in [0.5, 0.6) is 5.75 Å². The number of aromatic hydroxyl groups is 1. The third-order valence-corrected chi connectivity index (χ3v) is 8.77. The highest BCUT2D eigenvalue weighted by molar-refractivity contribution is 7.16. The zero-order valence-corrected chi connectivity index (χ0v) is 27.1. The molecule has 1 aliphatic carbocycles.